The Kier molecular flexibility index (Phi) is 5.57. The first-order chi connectivity index (χ1) is 9.60. The molecule has 2 nitrogen and oxygen atoms in total. The molecule has 0 saturated carbocycles. The van der Waals surface area contributed by atoms with Gasteiger partial charge >= 0.3 is 0 Å². The summed E-state index contributed by atoms with van der Waals surface area (Å²) in [4.78, 5) is 0. The Bertz CT molecular complexity index is 564. The normalized spacial score (nSPS) is 10.6. The minimum Gasteiger partial charge on any atom is -0.487 e. The molecule has 0 heterocycles. The van der Waals surface area contributed by atoms with Crippen LogP contribution in [0.3, 0.4) is 0 Å². The highest BCUT2D eigenvalue weighted by Gasteiger charge is 2.09. The highest BCUT2D eigenvalue weighted by atomic mass is 79.9. The highest BCUT2D eigenvalue weighted by Crippen LogP contribution is 2.35. The lowest BCUT2D eigenvalue weighted by atomic mass is 10.1. The van der Waals surface area contributed by atoms with Gasteiger partial charge in [-0.05, 0) is 80.2 Å². The van der Waals surface area contributed by atoms with Crippen LogP contribution in [0, 0.1) is 5.82 Å². The van der Waals surface area contributed by atoms with Crippen LogP contribution in [-0.2, 0) is 13.0 Å². The number of nitrogens with two attached hydrogens (primary N) is 1. The van der Waals surface area contributed by atoms with Gasteiger partial charge in [-0.15, -0.1) is 0 Å². The minimum atomic E-state index is -0.248. The second-order valence-corrected chi connectivity index (χ2v) is 6.05. The van der Waals surface area contributed by atoms with Crippen molar-refractivity contribution in [2.45, 2.75) is 13.0 Å². The number of hydrogen-bond donors (Lipinski definition) is 1. The van der Waals surface area contributed by atoms with Gasteiger partial charge in [0.05, 0.1) is 8.95 Å². The van der Waals surface area contributed by atoms with Crippen LogP contribution in [0.5, 0.6) is 5.75 Å². The van der Waals surface area contributed by atoms with Crippen molar-refractivity contribution in [3.05, 3.63) is 62.3 Å². The van der Waals surface area contributed by atoms with Crippen molar-refractivity contribution >= 4 is 31.9 Å². The van der Waals surface area contributed by atoms with Gasteiger partial charge in [-0.25, -0.2) is 4.39 Å². The topological polar surface area (TPSA) is 35.2 Å². The van der Waals surface area contributed by atoms with Crippen LogP contribution in [0.2, 0.25) is 0 Å². The zero-order valence-electron chi connectivity index (χ0n) is 10.7. The highest BCUT2D eigenvalue weighted by molar-refractivity contribution is 9.11. The maximum Gasteiger partial charge on any atom is 0.148 e. The lowest BCUT2D eigenvalue weighted by Crippen LogP contribution is -2.03. The average Bonchev–Trinajstić information content (AvgIpc) is 2.40. The van der Waals surface area contributed by atoms with Gasteiger partial charge in [-0.2, -0.15) is 0 Å². The fraction of sp³-hybridized carbons (Fsp3) is 0.200. The predicted octanol–water partition coefficient (Wildman–Crippen LogP) is 4.43. The van der Waals surface area contributed by atoms with Gasteiger partial charge in [0.1, 0.15) is 18.2 Å². The lowest BCUT2D eigenvalue weighted by molar-refractivity contribution is 0.302. The zero-order valence-corrected chi connectivity index (χ0v) is 13.9. The molecule has 0 aliphatic carbocycles. The molecule has 5 heteroatoms. The molecule has 0 amide bonds. The summed E-state index contributed by atoms with van der Waals surface area (Å²) in [5, 5.41) is 0. The molecule has 0 aliphatic rings. The summed E-state index contributed by atoms with van der Waals surface area (Å²) in [5.74, 6) is 0.484. The van der Waals surface area contributed by atoms with Crippen LogP contribution >= 0.6 is 31.9 Å². The fourth-order valence-corrected chi connectivity index (χ4v) is 3.31. The minimum absolute atomic E-state index is 0.248. The van der Waals surface area contributed by atoms with E-state index in [2.05, 4.69) is 31.9 Å². The van der Waals surface area contributed by atoms with E-state index in [0.717, 1.165) is 32.2 Å². The standard InChI is InChI=1S/C15H14Br2FNO/c16-13-7-11(5-6-19)8-14(17)15(13)20-9-10-1-3-12(18)4-2-10/h1-4,7-8H,5-6,9,19H2. The predicted molar refractivity (Wildman–Crippen MR) is 85.3 cm³/mol. The smallest absolute Gasteiger partial charge is 0.148 e. The second-order valence-electron chi connectivity index (χ2n) is 4.34. The monoisotopic (exact) mass is 401 g/mol. The molecule has 0 fully saturated rings. The molecule has 0 aliphatic heterocycles. The van der Waals surface area contributed by atoms with E-state index in [-0.39, 0.29) is 5.82 Å². The molecular formula is C15H14Br2FNO. The third-order valence-electron chi connectivity index (χ3n) is 2.79. The van der Waals surface area contributed by atoms with E-state index < -0.39 is 0 Å². The largest absolute Gasteiger partial charge is 0.487 e. The van der Waals surface area contributed by atoms with Crippen molar-refractivity contribution in [2.24, 2.45) is 5.73 Å². The molecule has 0 aromatic heterocycles. The van der Waals surface area contributed by atoms with Crippen molar-refractivity contribution in [1.29, 1.82) is 0 Å². The Balaban J connectivity index is 2.11. The van der Waals surface area contributed by atoms with Gasteiger partial charge in [0.25, 0.3) is 0 Å². The molecule has 106 valence electrons. The van der Waals surface area contributed by atoms with Crippen LogP contribution in [-0.4, -0.2) is 6.54 Å². The van der Waals surface area contributed by atoms with Crippen molar-refractivity contribution in [2.75, 3.05) is 6.54 Å². The van der Waals surface area contributed by atoms with E-state index in [1.807, 2.05) is 12.1 Å². The van der Waals surface area contributed by atoms with Crippen LogP contribution in [0.1, 0.15) is 11.1 Å². The Hall–Kier alpha value is -0.910. The van der Waals surface area contributed by atoms with E-state index in [0.29, 0.717) is 13.2 Å². The summed E-state index contributed by atoms with van der Waals surface area (Å²) in [6, 6.07) is 10.3. The molecule has 2 aromatic carbocycles. The zero-order chi connectivity index (χ0) is 14.5. The van der Waals surface area contributed by atoms with Gasteiger partial charge in [-0.1, -0.05) is 12.1 Å². The maximum absolute atomic E-state index is 12.8. The van der Waals surface area contributed by atoms with E-state index >= 15 is 0 Å². The first-order valence-corrected chi connectivity index (χ1v) is 7.74. The number of ether oxygens (including phenoxy) is 1. The molecule has 2 aromatic rings. The Morgan fingerprint density at radius 2 is 1.60 bits per heavy atom. The lowest BCUT2D eigenvalue weighted by Gasteiger charge is -2.12. The fourth-order valence-electron chi connectivity index (χ4n) is 1.80. The molecule has 0 saturated heterocycles. The number of hydrogen-bond acceptors (Lipinski definition) is 2. The first-order valence-electron chi connectivity index (χ1n) is 6.15. The molecule has 0 bridgehead atoms. The number of benzene rings is 2. The SMILES string of the molecule is NCCc1cc(Br)c(OCc2ccc(F)cc2)c(Br)c1. The van der Waals surface area contributed by atoms with Crippen molar-refractivity contribution in [3.63, 3.8) is 0 Å². The van der Waals surface area contributed by atoms with E-state index in [4.69, 9.17) is 10.5 Å². The van der Waals surface area contributed by atoms with E-state index in [1.54, 1.807) is 12.1 Å². The molecule has 0 spiro atoms. The summed E-state index contributed by atoms with van der Waals surface area (Å²) in [6.45, 7) is 0.988. The summed E-state index contributed by atoms with van der Waals surface area (Å²) >= 11 is 6.99. The molecule has 0 unspecified atom stereocenters. The third-order valence-corrected chi connectivity index (χ3v) is 3.97. The second kappa shape index (κ2) is 7.20. The van der Waals surface area contributed by atoms with Crippen LogP contribution in [0.25, 0.3) is 0 Å². The van der Waals surface area contributed by atoms with Gasteiger partial charge in [-0.3, -0.25) is 0 Å². The number of halogens is 3. The molecule has 0 atom stereocenters. The van der Waals surface area contributed by atoms with Crippen molar-refractivity contribution < 1.29 is 9.13 Å². The van der Waals surface area contributed by atoms with Crippen molar-refractivity contribution in [1.82, 2.24) is 0 Å². The summed E-state index contributed by atoms with van der Waals surface area (Å²) in [5.41, 5.74) is 7.61. The maximum atomic E-state index is 12.8. The third kappa shape index (κ3) is 4.04. The Morgan fingerprint density at radius 3 is 2.15 bits per heavy atom. The van der Waals surface area contributed by atoms with Crippen LogP contribution < -0.4 is 10.5 Å². The molecular weight excluding hydrogens is 389 g/mol. The summed E-state index contributed by atoms with van der Waals surface area (Å²) in [6.07, 6.45) is 0.815. The Morgan fingerprint density at radius 1 is 1.00 bits per heavy atom. The van der Waals surface area contributed by atoms with Gasteiger partial charge in [0, 0.05) is 0 Å². The molecule has 0 radical (unpaired) electrons. The molecule has 20 heavy (non-hydrogen) atoms. The van der Waals surface area contributed by atoms with Crippen molar-refractivity contribution in [3.8, 4) is 5.75 Å². The summed E-state index contributed by atoms with van der Waals surface area (Å²) < 4.78 is 20.4. The van der Waals surface area contributed by atoms with Crippen LogP contribution in [0.4, 0.5) is 4.39 Å². The Labute approximate surface area is 134 Å². The number of rotatable bonds is 5. The van der Waals surface area contributed by atoms with E-state index in [9.17, 15) is 4.39 Å². The van der Waals surface area contributed by atoms with Crippen LogP contribution in [0.15, 0.2) is 45.3 Å². The average molecular weight is 403 g/mol. The van der Waals surface area contributed by atoms with E-state index in [1.165, 1.54) is 12.1 Å². The van der Waals surface area contributed by atoms with Gasteiger partial charge < -0.3 is 10.5 Å². The summed E-state index contributed by atoms with van der Waals surface area (Å²) in [7, 11) is 0. The molecule has 2 N–H and O–H groups in total. The quantitative estimate of drug-likeness (QED) is 0.802. The van der Waals surface area contributed by atoms with Gasteiger partial charge in [0.2, 0.25) is 0 Å². The van der Waals surface area contributed by atoms with Gasteiger partial charge in [0.15, 0.2) is 0 Å². The first kappa shape index (κ1) is 15.5. The molecule has 2 rings (SSSR count).